The van der Waals surface area contributed by atoms with Crippen LogP contribution in [0.25, 0.3) is 0 Å². The van der Waals surface area contributed by atoms with Crippen LogP contribution in [0.3, 0.4) is 0 Å². The van der Waals surface area contributed by atoms with Crippen LogP contribution in [0.2, 0.25) is 0 Å². The first-order valence-corrected chi connectivity index (χ1v) is 7.07. The molecule has 1 aliphatic rings. The molecule has 3 heterocycles. The van der Waals surface area contributed by atoms with Crippen molar-refractivity contribution in [3.8, 4) is 5.88 Å². The molecule has 1 fully saturated rings. The van der Waals surface area contributed by atoms with Crippen molar-refractivity contribution >= 4 is 5.82 Å². The number of nitrogens with one attached hydrogen (secondary N) is 1. The van der Waals surface area contributed by atoms with Gasteiger partial charge >= 0.3 is 0 Å². The quantitative estimate of drug-likeness (QED) is 0.894. The fraction of sp³-hybridized carbons (Fsp3) is 0.500. The number of ether oxygens (including phenoxy) is 1. The van der Waals surface area contributed by atoms with E-state index in [-0.39, 0.29) is 0 Å². The summed E-state index contributed by atoms with van der Waals surface area (Å²) in [5.41, 5.74) is 0. The Morgan fingerprint density at radius 3 is 2.90 bits per heavy atom. The molecule has 0 aliphatic carbocycles. The van der Waals surface area contributed by atoms with Crippen molar-refractivity contribution in [1.29, 1.82) is 0 Å². The Morgan fingerprint density at radius 1 is 1.33 bits per heavy atom. The van der Waals surface area contributed by atoms with E-state index >= 15 is 0 Å². The van der Waals surface area contributed by atoms with Gasteiger partial charge in [0, 0.05) is 25.2 Å². The van der Waals surface area contributed by atoms with Crippen LogP contribution in [-0.2, 0) is 6.54 Å². The fourth-order valence-corrected chi connectivity index (χ4v) is 2.50. The minimum absolute atomic E-state index is 0.422. The van der Waals surface area contributed by atoms with E-state index in [4.69, 9.17) is 9.15 Å². The number of oxazole rings is 1. The highest BCUT2D eigenvalue weighted by Crippen LogP contribution is 2.18. The van der Waals surface area contributed by atoms with Crippen molar-refractivity contribution in [2.75, 3.05) is 25.5 Å². The molecular weight excluding hydrogens is 270 g/mol. The molecule has 1 N–H and O–H groups in total. The first kappa shape index (κ1) is 13.8. The molecule has 1 saturated heterocycles. The van der Waals surface area contributed by atoms with Gasteiger partial charge in [0.2, 0.25) is 11.8 Å². The number of piperidine rings is 1. The van der Waals surface area contributed by atoms with Gasteiger partial charge in [-0.05, 0) is 12.8 Å². The summed E-state index contributed by atoms with van der Waals surface area (Å²) in [5.74, 6) is 2.17. The molecule has 2 aromatic rings. The molecule has 112 valence electrons. The van der Waals surface area contributed by atoms with Gasteiger partial charge in [-0.3, -0.25) is 4.90 Å². The molecule has 0 bridgehead atoms. The summed E-state index contributed by atoms with van der Waals surface area (Å²) in [6, 6.07) is 2.24. The summed E-state index contributed by atoms with van der Waals surface area (Å²) in [4.78, 5) is 14.7. The first-order valence-electron chi connectivity index (χ1n) is 7.07. The molecule has 0 atom stereocenters. The number of hydrogen-bond acceptors (Lipinski definition) is 7. The molecule has 21 heavy (non-hydrogen) atoms. The Hall–Kier alpha value is -2.15. The van der Waals surface area contributed by atoms with Crippen LogP contribution in [0.5, 0.6) is 5.88 Å². The Labute approximate surface area is 123 Å². The van der Waals surface area contributed by atoms with E-state index < -0.39 is 0 Å². The third-order valence-electron chi connectivity index (χ3n) is 3.63. The number of anilines is 1. The normalized spacial score (nSPS) is 16.8. The molecule has 0 radical (unpaired) electrons. The van der Waals surface area contributed by atoms with Crippen LogP contribution < -0.4 is 10.1 Å². The van der Waals surface area contributed by atoms with E-state index in [1.807, 2.05) is 6.07 Å². The van der Waals surface area contributed by atoms with Gasteiger partial charge in [-0.1, -0.05) is 0 Å². The maximum absolute atomic E-state index is 5.29. The summed E-state index contributed by atoms with van der Waals surface area (Å²) >= 11 is 0. The number of aromatic nitrogens is 3. The summed E-state index contributed by atoms with van der Waals surface area (Å²) in [5, 5.41) is 3.44. The van der Waals surface area contributed by atoms with Crippen LogP contribution in [-0.4, -0.2) is 46.1 Å². The summed E-state index contributed by atoms with van der Waals surface area (Å²) < 4.78 is 10.4. The Balaban J connectivity index is 1.49. The molecule has 0 aromatic carbocycles. The second-order valence-corrected chi connectivity index (χ2v) is 5.07. The van der Waals surface area contributed by atoms with Crippen LogP contribution >= 0.6 is 0 Å². The van der Waals surface area contributed by atoms with E-state index in [1.54, 1.807) is 19.6 Å². The maximum Gasteiger partial charge on any atom is 0.218 e. The van der Waals surface area contributed by atoms with Crippen molar-refractivity contribution < 1.29 is 9.15 Å². The lowest BCUT2D eigenvalue weighted by Crippen LogP contribution is -2.38. The highest BCUT2D eigenvalue weighted by Gasteiger charge is 2.20. The van der Waals surface area contributed by atoms with Crippen molar-refractivity contribution in [3.63, 3.8) is 0 Å². The van der Waals surface area contributed by atoms with Crippen molar-refractivity contribution in [2.45, 2.75) is 25.4 Å². The zero-order valence-electron chi connectivity index (χ0n) is 12.0. The molecule has 2 aromatic heterocycles. The lowest BCUT2D eigenvalue weighted by atomic mass is 10.1. The second kappa shape index (κ2) is 6.53. The number of hydrogen-bond donors (Lipinski definition) is 1. The molecule has 0 unspecified atom stereocenters. The molecular formula is C14H19N5O2. The Kier molecular flexibility index (Phi) is 4.30. The standard InChI is InChI=1S/C14H19N5O2/c1-20-13-8-12(16-10-17-13)18-11-2-5-19(6-3-11)9-14-15-4-7-21-14/h4,7-8,10-11H,2-3,5-6,9H2,1H3,(H,16,17,18). The Morgan fingerprint density at radius 2 is 2.19 bits per heavy atom. The van der Waals surface area contributed by atoms with E-state index in [2.05, 4.69) is 25.2 Å². The SMILES string of the molecule is COc1cc(NC2CCN(Cc3ncco3)CC2)ncn1. The van der Waals surface area contributed by atoms with Gasteiger partial charge in [0.05, 0.1) is 19.9 Å². The monoisotopic (exact) mass is 289 g/mol. The van der Waals surface area contributed by atoms with Gasteiger partial charge in [-0.15, -0.1) is 0 Å². The summed E-state index contributed by atoms with van der Waals surface area (Å²) in [6.45, 7) is 2.81. The smallest absolute Gasteiger partial charge is 0.218 e. The van der Waals surface area contributed by atoms with E-state index in [1.165, 1.54) is 6.33 Å². The van der Waals surface area contributed by atoms with Crippen molar-refractivity contribution in [2.24, 2.45) is 0 Å². The fourth-order valence-electron chi connectivity index (χ4n) is 2.50. The zero-order chi connectivity index (χ0) is 14.5. The predicted octanol–water partition coefficient (Wildman–Crippen LogP) is 1.55. The summed E-state index contributed by atoms with van der Waals surface area (Å²) in [7, 11) is 1.60. The second-order valence-electron chi connectivity index (χ2n) is 5.07. The van der Waals surface area contributed by atoms with E-state index in [0.717, 1.165) is 44.2 Å². The highest BCUT2D eigenvalue weighted by atomic mass is 16.5. The largest absolute Gasteiger partial charge is 0.481 e. The first-order chi connectivity index (χ1) is 10.3. The van der Waals surface area contributed by atoms with Gasteiger partial charge in [0.15, 0.2) is 0 Å². The van der Waals surface area contributed by atoms with Gasteiger partial charge < -0.3 is 14.5 Å². The molecule has 1 aliphatic heterocycles. The van der Waals surface area contributed by atoms with Gasteiger partial charge in [-0.2, -0.15) is 0 Å². The summed E-state index contributed by atoms with van der Waals surface area (Å²) in [6.07, 6.45) is 6.94. The third kappa shape index (κ3) is 3.69. The van der Waals surface area contributed by atoms with E-state index in [0.29, 0.717) is 11.9 Å². The molecule has 7 nitrogen and oxygen atoms in total. The third-order valence-corrected chi connectivity index (χ3v) is 3.63. The Bertz CT molecular complexity index is 552. The molecule has 0 spiro atoms. The van der Waals surface area contributed by atoms with Crippen LogP contribution in [0, 0.1) is 0 Å². The average molecular weight is 289 g/mol. The van der Waals surface area contributed by atoms with Gasteiger partial charge in [-0.25, -0.2) is 15.0 Å². The number of methoxy groups -OCH3 is 1. The highest BCUT2D eigenvalue weighted by molar-refractivity contribution is 5.38. The maximum atomic E-state index is 5.29. The van der Waals surface area contributed by atoms with Gasteiger partial charge in [0.25, 0.3) is 0 Å². The average Bonchev–Trinajstić information content (AvgIpc) is 3.02. The van der Waals surface area contributed by atoms with Crippen LogP contribution in [0.4, 0.5) is 5.82 Å². The lowest BCUT2D eigenvalue weighted by Gasteiger charge is -2.31. The molecule has 7 heteroatoms. The van der Waals surface area contributed by atoms with Crippen LogP contribution in [0.15, 0.2) is 29.3 Å². The predicted molar refractivity (Wildman–Crippen MR) is 77.0 cm³/mol. The molecule has 0 saturated carbocycles. The van der Waals surface area contributed by atoms with Gasteiger partial charge in [0.1, 0.15) is 18.4 Å². The zero-order valence-corrected chi connectivity index (χ0v) is 12.0. The van der Waals surface area contributed by atoms with E-state index in [9.17, 15) is 0 Å². The minimum Gasteiger partial charge on any atom is -0.481 e. The minimum atomic E-state index is 0.422. The molecule has 3 rings (SSSR count). The molecule has 0 amide bonds. The topological polar surface area (TPSA) is 76.3 Å². The lowest BCUT2D eigenvalue weighted by molar-refractivity contribution is 0.193. The van der Waals surface area contributed by atoms with Crippen molar-refractivity contribution in [3.05, 3.63) is 30.7 Å². The number of likely N-dealkylation sites (tertiary alicyclic amines) is 1. The number of nitrogens with zero attached hydrogens (tertiary/aromatic N) is 4. The van der Waals surface area contributed by atoms with Crippen LogP contribution in [0.1, 0.15) is 18.7 Å². The number of rotatable bonds is 5. The van der Waals surface area contributed by atoms with Crippen molar-refractivity contribution in [1.82, 2.24) is 19.9 Å².